The van der Waals surface area contributed by atoms with Crippen LogP contribution in [0.25, 0.3) is 0 Å². The van der Waals surface area contributed by atoms with Crippen LogP contribution < -0.4 is 4.74 Å². The van der Waals surface area contributed by atoms with E-state index in [0.29, 0.717) is 0 Å². The van der Waals surface area contributed by atoms with E-state index >= 15 is 0 Å². The number of methoxy groups -OCH3 is 1. The van der Waals surface area contributed by atoms with Crippen molar-refractivity contribution in [2.45, 2.75) is 36.2 Å². The minimum Gasteiger partial charge on any atom is -0.494 e. The molecule has 1 saturated heterocycles. The fourth-order valence-electron chi connectivity index (χ4n) is 2.99. The third-order valence-corrected chi connectivity index (χ3v) is 5.92. The van der Waals surface area contributed by atoms with Crippen molar-refractivity contribution >= 4 is 10.0 Å². The van der Waals surface area contributed by atoms with E-state index in [1.165, 1.54) is 23.5 Å². The molecular formula is C14H16FNO3S. The van der Waals surface area contributed by atoms with Gasteiger partial charge in [-0.3, -0.25) is 0 Å². The van der Waals surface area contributed by atoms with E-state index in [0.717, 1.165) is 25.3 Å². The van der Waals surface area contributed by atoms with Crippen LogP contribution >= 0.6 is 0 Å². The summed E-state index contributed by atoms with van der Waals surface area (Å²) in [4.78, 5) is -0.0111. The van der Waals surface area contributed by atoms with Crippen molar-refractivity contribution in [2.24, 2.45) is 0 Å². The molecule has 2 unspecified atom stereocenters. The molecule has 3 rings (SSSR count). The lowest BCUT2D eigenvalue weighted by molar-refractivity contribution is 0.340. The summed E-state index contributed by atoms with van der Waals surface area (Å²) in [5, 5.41) is 0. The van der Waals surface area contributed by atoms with E-state index < -0.39 is 15.8 Å². The Kier molecular flexibility index (Phi) is 3.30. The zero-order valence-corrected chi connectivity index (χ0v) is 11.9. The second-order valence-electron chi connectivity index (χ2n) is 5.09. The lowest BCUT2D eigenvalue weighted by atomic mass is 10.2. The summed E-state index contributed by atoms with van der Waals surface area (Å²) in [6.07, 6.45) is 6.38. The predicted molar refractivity (Wildman–Crippen MR) is 72.5 cm³/mol. The lowest BCUT2D eigenvalue weighted by Crippen LogP contribution is -2.41. The van der Waals surface area contributed by atoms with Crippen LogP contribution in [0.2, 0.25) is 0 Å². The van der Waals surface area contributed by atoms with Crippen molar-refractivity contribution < 1.29 is 17.5 Å². The van der Waals surface area contributed by atoms with E-state index in [-0.39, 0.29) is 22.7 Å². The van der Waals surface area contributed by atoms with Gasteiger partial charge >= 0.3 is 0 Å². The third kappa shape index (κ3) is 2.03. The van der Waals surface area contributed by atoms with Crippen molar-refractivity contribution in [3.63, 3.8) is 0 Å². The van der Waals surface area contributed by atoms with Crippen molar-refractivity contribution in [3.05, 3.63) is 36.2 Å². The van der Waals surface area contributed by atoms with Gasteiger partial charge < -0.3 is 4.74 Å². The first kappa shape index (κ1) is 13.6. The molecule has 2 atom stereocenters. The Morgan fingerprint density at radius 1 is 1.35 bits per heavy atom. The number of rotatable bonds is 3. The fourth-order valence-corrected chi connectivity index (χ4v) is 4.84. The molecule has 2 heterocycles. The summed E-state index contributed by atoms with van der Waals surface area (Å²) in [7, 11) is -2.31. The highest BCUT2D eigenvalue weighted by Crippen LogP contribution is 2.36. The van der Waals surface area contributed by atoms with E-state index in [2.05, 4.69) is 0 Å². The molecular weight excluding hydrogens is 281 g/mol. The second kappa shape index (κ2) is 4.86. The molecule has 1 aromatic carbocycles. The molecule has 0 radical (unpaired) electrons. The van der Waals surface area contributed by atoms with Crippen LogP contribution in [0.1, 0.15) is 19.3 Å². The summed E-state index contributed by atoms with van der Waals surface area (Å²) in [6.45, 7) is 0. The van der Waals surface area contributed by atoms with Gasteiger partial charge in [-0.25, -0.2) is 12.8 Å². The number of hydrogen-bond donors (Lipinski definition) is 0. The fraction of sp³-hybridized carbons (Fsp3) is 0.429. The predicted octanol–water partition coefficient (Wildman–Crippen LogP) is 2.32. The zero-order chi connectivity index (χ0) is 14.3. The Hall–Kier alpha value is -1.40. The molecule has 2 aliphatic heterocycles. The smallest absolute Gasteiger partial charge is 0.243 e. The molecule has 2 bridgehead atoms. The highest BCUT2D eigenvalue weighted by Gasteiger charge is 2.42. The van der Waals surface area contributed by atoms with Crippen molar-refractivity contribution in [2.75, 3.05) is 7.11 Å². The van der Waals surface area contributed by atoms with Crippen LogP contribution in [0.3, 0.4) is 0 Å². The molecule has 6 heteroatoms. The minimum atomic E-state index is -3.66. The van der Waals surface area contributed by atoms with Crippen molar-refractivity contribution in [1.82, 2.24) is 4.31 Å². The molecule has 0 N–H and O–H groups in total. The number of nitrogens with zero attached hydrogens (tertiary/aromatic N) is 1. The maximum Gasteiger partial charge on any atom is 0.243 e. The van der Waals surface area contributed by atoms with Crippen molar-refractivity contribution in [1.29, 1.82) is 0 Å². The van der Waals surface area contributed by atoms with E-state index in [1.807, 2.05) is 12.2 Å². The maximum atomic E-state index is 13.7. The summed E-state index contributed by atoms with van der Waals surface area (Å²) in [5.74, 6) is -0.612. The molecule has 0 saturated carbocycles. The number of ether oxygens (including phenoxy) is 1. The molecule has 2 aliphatic rings. The van der Waals surface area contributed by atoms with Crippen LogP contribution in [0.15, 0.2) is 35.2 Å². The summed E-state index contributed by atoms with van der Waals surface area (Å²) in [5.41, 5.74) is 0. The van der Waals surface area contributed by atoms with Gasteiger partial charge in [0.25, 0.3) is 0 Å². The summed E-state index contributed by atoms with van der Waals surface area (Å²) in [6, 6.07) is 3.69. The first-order valence-electron chi connectivity index (χ1n) is 6.58. The average Bonchev–Trinajstić information content (AvgIpc) is 2.70. The molecule has 1 fully saturated rings. The van der Waals surface area contributed by atoms with Crippen LogP contribution in [0.5, 0.6) is 5.75 Å². The molecule has 0 aromatic heterocycles. The second-order valence-corrected chi connectivity index (χ2v) is 6.94. The maximum absolute atomic E-state index is 13.7. The quantitative estimate of drug-likeness (QED) is 0.804. The molecule has 0 aliphatic carbocycles. The van der Waals surface area contributed by atoms with Gasteiger partial charge in [-0.15, -0.1) is 0 Å². The van der Waals surface area contributed by atoms with Gasteiger partial charge in [0.2, 0.25) is 10.0 Å². The molecule has 4 nitrogen and oxygen atoms in total. The van der Waals surface area contributed by atoms with Gasteiger partial charge in [0, 0.05) is 12.1 Å². The van der Waals surface area contributed by atoms with Gasteiger partial charge in [-0.05, 0) is 37.5 Å². The zero-order valence-electron chi connectivity index (χ0n) is 11.1. The average molecular weight is 297 g/mol. The first-order valence-corrected chi connectivity index (χ1v) is 8.02. The Morgan fingerprint density at radius 3 is 2.80 bits per heavy atom. The summed E-state index contributed by atoms with van der Waals surface area (Å²) < 4.78 is 45.4. The van der Waals surface area contributed by atoms with Crippen molar-refractivity contribution in [3.8, 4) is 5.75 Å². The molecule has 0 spiro atoms. The summed E-state index contributed by atoms with van der Waals surface area (Å²) >= 11 is 0. The van der Waals surface area contributed by atoms with Gasteiger partial charge in [0.1, 0.15) is 0 Å². The van der Waals surface area contributed by atoms with Crippen LogP contribution in [-0.2, 0) is 10.0 Å². The minimum absolute atomic E-state index is 0.000151. The third-order valence-electron chi connectivity index (χ3n) is 3.95. The highest BCUT2D eigenvalue weighted by atomic mass is 32.2. The SMILES string of the molecule is COc1ccc(S(=O)(=O)N2C3C=CCC2CC3)cc1F. The first-order chi connectivity index (χ1) is 9.54. The van der Waals surface area contributed by atoms with Crippen LogP contribution in [-0.4, -0.2) is 31.9 Å². The van der Waals surface area contributed by atoms with Gasteiger partial charge in [-0.1, -0.05) is 12.2 Å². The molecule has 20 heavy (non-hydrogen) atoms. The topological polar surface area (TPSA) is 46.6 Å². The number of sulfonamides is 1. The van der Waals surface area contributed by atoms with E-state index in [4.69, 9.17) is 4.74 Å². The van der Waals surface area contributed by atoms with Gasteiger partial charge in [0.15, 0.2) is 11.6 Å². The number of benzene rings is 1. The molecule has 0 amide bonds. The Balaban J connectivity index is 2.00. The Morgan fingerprint density at radius 2 is 2.15 bits per heavy atom. The molecule has 108 valence electrons. The Labute approximate surface area is 117 Å². The number of halogens is 1. The molecule has 1 aromatic rings. The largest absolute Gasteiger partial charge is 0.494 e. The lowest BCUT2D eigenvalue weighted by Gasteiger charge is -2.30. The van der Waals surface area contributed by atoms with Crippen LogP contribution in [0, 0.1) is 5.82 Å². The van der Waals surface area contributed by atoms with E-state index in [1.54, 1.807) is 0 Å². The number of hydrogen-bond acceptors (Lipinski definition) is 3. The Bertz CT molecular complexity index is 656. The van der Waals surface area contributed by atoms with Gasteiger partial charge in [-0.2, -0.15) is 4.31 Å². The highest BCUT2D eigenvalue weighted by molar-refractivity contribution is 7.89. The van der Waals surface area contributed by atoms with E-state index in [9.17, 15) is 12.8 Å². The number of fused-ring (bicyclic) bond motifs is 2. The standard InChI is InChI=1S/C14H16FNO3S/c1-19-14-8-7-12(9-13(14)15)20(17,18)16-10-3-2-4-11(16)6-5-10/h2-3,7-11H,4-6H2,1H3. The van der Waals surface area contributed by atoms with Gasteiger partial charge in [0.05, 0.1) is 12.0 Å². The normalized spacial score (nSPS) is 25.9. The van der Waals surface area contributed by atoms with Crippen LogP contribution in [0.4, 0.5) is 4.39 Å². The monoisotopic (exact) mass is 297 g/mol.